The van der Waals surface area contributed by atoms with Gasteiger partial charge in [0.05, 0.1) is 31.4 Å². The predicted octanol–water partition coefficient (Wildman–Crippen LogP) is -2.48. The number of carbonyl (C=O) groups excluding carboxylic acids is 1. The zero-order chi connectivity index (χ0) is 20.3. The van der Waals surface area contributed by atoms with Gasteiger partial charge in [0.1, 0.15) is 24.1 Å². The van der Waals surface area contributed by atoms with Crippen molar-refractivity contribution in [3.63, 3.8) is 0 Å². The van der Waals surface area contributed by atoms with Crippen LogP contribution in [0.3, 0.4) is 0 Å². The molecule has 8 N–H and O–H groups in total. The summed E-state index contributed by atoms with van der Waals surface area (Å²) in [4.78, 5) is 37.7. The van der Waals surface area contributed by atoms with Gasteiger partial charge in [0.25, 0.3) is 0 Å². The van der Waals surface area contributed by atoms with E-state index in [1.165, 1.54) is 12.7 Å². The average molecular weight is 395 g/mol. The third-order valence-corrected chi connectivity index (χ3v) is 4.36. The Morgan fingerprint density at radius 1 is 1.39 bits per heavy atom. The van der Waals surface area contributed by atoms with Gasteiger partial charge in [-0.2, -0.15) is 0 Å². The van der Waals surface area contributed by atoms with E-state index in [1.54, 1.807) is 0 Å². The topological polar surface area (TPSA) is 209 Å². The van der Waals surface area contributed by atoms with Gasteiger partial charge in [0, 0.05) is 6.42 Å². The van der Waals surface area contributed by atoms with Crippen LogP contribution in [0.2, 0.25) is 0 Å². The second-order valence-electron chi connectivity index (χ2n) is 6.37. The average Bonchev–Trinajstić information content (AvgIpc) is 3.13. The molecule has 3 heterocycles. The number of aliphatic hydroxyl groups is 2. The van der Waals surface area contributed by atoms with Crippen LogP contribution in [-0.2, 0) is 14.3 Å². The van der Waals surface area contributed by atoms with Gasteiger partial charge >= 0.3 is 5.97 Å². The fourth-order valence-electron chi connectivity index (χ4n) is 2.94. The molecule has 1 amide bonds. The monoisotopic (exact) mass is 395 g/mol. The van der Waals surface area contributed by atoms with E-state index in [0.29, 0.717) is 17.0 Å². The molecule has 2 aromatic heterocycles. The van der Waals surface area contributed by atoms with E-state index in [2.05, 4.69) is 30.6 Å². The molecule has 28 heavy (non-hydrogen) atoms. The highest BCUT2D eigenvalue weighted by atomic mass is 16.5. The maximum Gasteiger partial charge on any atom is 0.305 e. The number of aliphatic hydroxyl groups excluding tert-OH is 2. The maximum absolute atomic E-state index is 12.0. The van der Waals surface area contributed by atoms with Crippen molar-refractivity contribution in [2.75, 3.05) is 11.9 Å². The Hall–Kier alpha value is -2.87. The van der Waals surface area contributed by atoms with Crippen LogP contribution < -0.4 is 16.4 Å². The zero-order valence-corrected chi connectivity index (χ0v) is 14.6. The maximum atomic E-state index is 12.0. The van der Waals surface area contributed by atoms with Gasteiger partial charge in [-0.1, -0.05) is 0 Å². The Bertz CT molecular complexity index is 845. The lowest BCUT2D eigenvalue weighted by Gasteiger charge is -2.39. The summed E-state index contributed by atoms with van der Waals surface area (Å²) in [5, 5.41) is 34.2. The summed E-state index contributed by atoms with van der Waals surface area (Å²) in [6.07, 6.45) is -0.561. The lowest BCUT2D eigenvalue weighted by atomic mass is 9.98. The molecule has 13 nitrogen and oxygen atoms in total. The van der Waals surface area contributed by atoms with Crippen molar-refractivity contribution < 1.29 is 29.6 Å². The molecule has 0 bridgehead atoms. The smallest absolute Gasteiger partial charge is 0.305 e. The minimum absolute atomic E-state index is 0.0472. The van der Waals surface area contributed by atoms with Crippen molar-refractivity contribution in [2.45, 2.75) is 43.4 Å². The number of fused-ring (bicyclic) bond motifs is 1. The van der Waals surface area contributed by atoms with Gasteiger partial charge < -0.3 is 41.4 Å². The van der Waals surface area contributed by atoms with E-state index in [9.17, 15) is 19.8 Å². The standard InChI is InChI=1S/C15H21N7O6/c16-6(1-10(25)26)14(27)21-7-2-8(24)15(28-9(7)3-23)22-13-11-12(18-4-17-11)19-5-20-13/h4-9,15,23-24H,1-3,16H2,(H,21,27)(H,25,26)(H2,17,18,19,20,22)/t6-,7-,8+,9+,15+/m1/s1. The normalized spacial score (nSPS) is 26.0. The molecule has 13 heteroatoms. The molecule has 0 spiro atoms. The van der Waals surface area contributed by atoms with Gasteiger partial charge in [-0.05, 0) is 0 Å². The lowest BCUT2D eigenvalue weighted by molar-refractivity contribution is -0.145. The Kier molecular flexibility index (Phi) is 5.99. The first-order chi connectivity index (χ1) is 13.4. The van der Waals surface area contributed by atoms with Crippen molar-refractivity contribution >= 4 is 28.9 Å². The second kappa shape index (κ2) is 8.43. The number of aromatic amines is 1. The molecule has 0 radical (unpaired) electrons. The lowest BCUT2D eigenvalue weighted by Crippen LogP contribution is -2.59. The molecule has 0 unspecified atom stereocenters. The molecule has 1 fully saturated rings. The summed E-state index contributed by atoms with van der Waals surface area (Å²) in [6.45, 7) is -0.437. The Balaban J connectivity index is 1.66. The van der Waals surface area contributed by atoms with Crippen molar-refractivity contribution in [3.8, 4) is 0 Å². The molecule has 152 valence electrons. The number of rotatable bonds is 7. The summed E-state index contributed by atoms with van der Waals surface area (Å²) >= 11 is 0. The van der Waals surface area contributed by atoms with Crippen LogP contribution in [0.15, 0.2) is 12.7 Å². The number of H-pyrrole nitrogens is 1. The highest BCUT2D eigenvalue weighted by molar-refractivity contribution is 5.86. The second-order valence-corrected chi connectivity index (χ2v) is 6.37. The van der Waals surface area contributed by atoms with E-state index in [0.717, 1.165) is 0 Å². The number of anilines is 1. The third-order valence-electron chi connectivity index (χ3n) is 4.36. The minimum atomic E-state index is -1.25. The van der Waals surface area contributed by atoms with Crippen molar-refractivity contribution in [2.24, 2.45) is 5.73 Å². The number of aromatic nitrogens is 4. The first kappa shape index (κ1) is 19.9. The van der Waals surface area contributed by atoms with Crippen LogP contribution in [0.1, 0.15) is 12.8 Å². The Morgan fingerprint density at radius 2 is 2.18 bits per heavy atom. The summed E-state index contributed by atoms with van der Waals surface area (Å²) in [7, 11) is 0. The van der Waals surface area contributed by atoms with E-state index < -0.39 is 55.4 Å². The quantitative estimate of drug-likeness (QED) is 0.261. The highest BCUT2D eigenvalue weighted by Gasteiger charge is 2.38. The SMILES string of the molecule is N[C@H](CC(=O)O)C(=O)N[C@@H]1C[C@H](O)[C@@H](Nc2ncnc3nc[nH]c23)O[C@H]1CO. The summed E-state index contributed by atoms with van der Waals surface area (Å²) in [5.74, 6) is -1.56. The molecular formula is C15H21N7O6. The number of nitrogens with two attached hydrogens (primary N) is 1. The Morgan fingerprint density at radius 3 is 2.89 bits per heavy atom. The third kappa shape index (κ3) is 4.33. The number of carboxylic acids is 1. The van der Waals surface area contributed by atoms with Gasteiger partial charge in [0.15, 0.2) is 17.7 Å². The number of carbonyl (C=O) groups is 2. The zero-order valence-electron chi connectivity index (χ0n) is 14.6. The van der Waals surface area contributed by atoms with Crippen LogP contribution in [0.25, 0.3) is 11.2 Å². The molecule has 3 rings (SSSR count). The number of hydrogen-bond acceptors (Lipinski definition) is 10. The van der Waals surface area contributed by atoms with Gasteiger partial charge in [0.2, 0.25) is 5.91 Å². The molecule has 5 atom stereocenters. The minimum Gasteiger partial charge on any atom is -0.481 e. The number of aliphatic carboxylic acids is 1. The molecule has 0 saturated carbocycles. The Labute approximate surface area is 158 Å². The number of imidazole rings is 1. The molecule has 0 aliphatic carbocycles. The van der Waals surface area contributed by atoms with Crippen LogP contribution in [0.5, 0.6) is 0 Å². The number of nitrogens with one attached hydrogen (secondary N) is 3. The molecule has 1 aliphatic rings. The summed E-state index contributed by atoms with van der Waals surface area (Å²) < 4.78 is 5.67. The fraction of sp³-hybridized carbons (Fsp3) is 0.533. The van der Waals surface area contributed by atoms with Crippen LogP contribution in [0, 0.1) is 0 Å². The van der Waals surface area contributed by atoms with Gasteiger partial charge in [-0.15, -0.1) is 0 Å². The number of carboxylic acid groups (broad SMARTS) is 1. The van der Waals surface area contributed by atoms with Crippen molar-refractivity contribution in [1.29, 1.82) is 0 Å². The molecular weight excluding hydrogens is 374 g/mol. The van der Waals surface area contributed by atoms with Gasteiger partial charge in [-0.3, -0.25) is 9.59 Å². The molecule has 1 saturated heterocycles. The number of amides is 1. The summed E-state index contributed by atoms with van der Waals surface area (Å²) in [6, 6.07) is -2.00. The van der Waals surface area contributed by atoms with Gasteiger partial charge in [-0.25, -0.2) is 15.0 Å². The van der Waals surface area contributed by atoms with Crippen molar-refractivity contribution in [3.05, 3.63) is 12.7 Å². The summed E-state index contributed by atoms with van der Waals surface area (Å²) in [5.41, 5.74) is 6.49. The molecule has 2 aromatic rings. The first-order valence-corrected chi connectivity index (χ1v) is 8.51. The van der Waals surface area contributed by atoms with E-state index in [-0.39, 0.29) is 6.42 Å². The largest absolute Gasteiger partial charge is 0.481 e. The van der Waals surface area contributed by atoms with Crippen LogP contribution >= 0.6 is 0 Å². The van der Waals surface area contributed by atoms with E-state index in [1.807, 2.05) is 0 Å². The molecule has 1 aliphatic heterocycles. The fourth-order valence-corrected chi connectivity index (χ4v) is 2.94. The number of hydrogen-bond donors (Lipinski definition) is 7. The van der Waals surface area contributed by atoms with Crippen LogP contribution in [0.4, 0.5) is 5.82 Å². The molecule has 0 aromatic carbocycles. The predicted molar refractivity (Wildman–Crippen MR) is 93.8 cm³/mol. The highest BCUT2D eigenvalue weighted by Crippen LogP contribution is 2.24. The van der Waals surface area contributed by atoms with E-state index >= 15 is 0 Å². The van der Waals surface area contributed by atoms with Crippen molar-refractivity contribution in [1.82, 2.24) is 25.3 Å². The first-order valence-electron chi connectivity index (χ1n) is 8.51. The number of ether oxygens (including phenoxy) is 1. The number of nitrogens with zero attached hydrogens (tertiary/aromatic N) is 3. The van der Waals surface area contributed by atoms with Crippen LogP contribution in [-0.4, -0.2) is 84.3 Å². The van der Waals surface area contributed by atoms with E-state index in [4.69, 9.17) is 15.6 Å².